The van der Waals surface area contributed by atoms with Crippen LogP contribution in [0, 0.1) is 6.92 Å². The van der Waals surface area contributed by atoms with Gasteiger partial charge in [0.1, 0.15) is 5.75 Å². The number of anilines is 2. The van der Waals surface area contributed by atoms with Crippen molar-refractivity contribution in [2.45, 2.75) is 32.7 Å². The Labute approximate surface area is 153 Å². The van der Waals surface area contributed by atoms with Gasteiger partial charge in [0.05, 0.1) is 18.0 Å². The predicted octanol–water partition coefficient (Wildman–Crippen LogP) is 2.97. The molecule has 1 atom stereocenters. The topological polar surface area (TPSA) is 79.4 Å². The lowest BCUT2D eigenvalue weighted by Crippen LogP contribution is -2.49. The minimum absolute atomic E-state index is 0.0612. The highest BCUT2D eigenvalue weighted by atomic mass is 16.5. The highest BCUT2D eigenvalue weighted by molar-refractivity contribution is 5.91. The van der Waals surface area contributed by atoms with Crippen molar-refractivity contribution >= 4 is 17.5 Å². The van der Waals surface area contributed by atoms with E-state index in [1.807, 2.05) is 50.2 Å². The summed E-state index contributed by atoms with van der Waals surface area (Å²) in [6.45, 7) is 6.03. The number of hydrogen-bond acceptors (Lipinski definition) is 5. The molecule has 1 saturated heterocycles. The first-order chi connectivity index (χ1) is 12.7. The molecule has 2 N–H and O–H groups in total. The Balaban J connectivity index is 1.58. The van der Waals surface area contributed by atoms with Gasteiger partial charge >= 0.3 is 6.03 Å². The molecule has 7 nitrogen and oxygen atoms in total. The van der Waals surface area contributed by atoms with Gasteiger partial charge < -0.3 is 20.3 Å². The normalized spacial score (nSPS) is 16.8. The van der Waals surface area contributed by atoms with Gasteiger partial charge in [0.25, 0.3) is 0 Å². The number of carbonyl (C=O) groups excluding carboxylic acids is 1. The second-order valence-corrected chi connectivity index (χ2v) is 6.35. The fraction of sp³-hybridized carbons (Fsp3) is 0.421. The molecule has 0 bridgehead atoms. The summed E-state index contributed by atoms with van der Waals surface area (Å²) in [5.41, 5.74) is 1.57. The zero-order chi connectivity index (χ0) is 18.4. The molecular formula is C19H25N5O2. The van der Waals surface area contributed by atoms with Crippen LogP contribution in [-0.2, 0) is 0 Å². The number of carbonyl (C=O) groups is 1. The van der Waals surface area contributed by atoms with E-state index < -0.39 is 0 Å². The number of aromatic nitrogens is 2. The van der Waals surface area contributed by atoms with Gasteiger partial charge in [0, 0.05) is 19.1 Å². The summed E-state index contributed by atoms with van der Waals surface area (Å²) >= 11 is 0. The molecular weight excluding hydrogens is 330 g/mol. The van der Waals surface area contributed by atoms with Crippen molar-refractivity contribution in [3.8, 4) is 5.75 Å². The van der Waals surface area contributed by atoms with Gasteiger partial charge in [-0.25, -0.2) is 4.79 Å². The van der Waals surface area contributed by atoms with Crippen LogP contribution >= 0.6 is 0 Å². The number of para-hydroxylation sites is 2. The Bertz CT molecular complexity index is 735. The molecule has 26 heavy (non-hydrogen) atoms. The standard InChI is InChI=1S/C19H25N5O2/c1-3-26-17-9-5-4-8-16(17)21-19(25)20-15-7-6-12-24(13-15)18-11-10-14(2)22-23-18/h4-5,8-11,15H,3,6-7,12-13H2,1-2H3,(H2,20,21,25). The summed E-state index contributed by atoms with van der Waals surface area (Å²) in [4.78, 5) is 14.6. The second-order valence-electron chi connectivity index (χ2n) is 6.35. The van der Waals surface area contributed by atoms with Crippen LogP contribution in [0.15, 0.2) is 36.4 Å². The van der Waals surface area contributed by atoms with Crippen LogP contribution in [0.4, 0.5) is 16.3 Å². The van der Waals surface area contributed by atoms with Gasteiger partial charge in [-0.2, -0.15) is 5.10 Å². The van der Waals surface area contributed by atoms with Crippen LogP contribution in [0.5, 0.6) is 5.75 Å². The van der Waals surface area contributed by atoms with Crippen molar-refractivity contribution in [1.29, 1.82) is 0 Å². The zero-order valence-electron chi connectivity index (χ0n) is 15.2. The van der Waals surface area contributed by atoms with Gasteiger partial charge in [-0.1, -0.05) is 12.1 Å². The maximum absolute atomic E-state index is 12.4. The zero-order valence-corrected chi connectivity index (χ0v) is 15.2. The molecule has 0 aliphatic carbocycles. The van der Waals surface area contributed by atoms with Crippen molar-refractivity contribution in [1.82, 2.24) is 15.5 Å². The fourth-order valence-electron chi connectivity index (χ4n) is 3.06. The number of hydrogen-bond donors (Lipinski definition) is 2. The molecule has 0 saturated carbocycles. The lowest BCUT2D eigenvalue weighted by Gasteiger charge is -2.33. The number of benzene rings is 1. The number of urea groups is 1. The Morgan fingerprint density at radius 2 is 2.12 bits per heavy atom. The maximum Gasteiger partial charge on any atom is 0.319 e. The third-order valence-electron chi connectivity index (χ3n) is 4.30. The summed E-state index contributed by atoms with van der Waals surface area (Å²) < 4.78 is 5.55. The molecule has 138 valence electrons. The number of ether oxygens (including phenoxy) is 1. The van der Waals surface area contributed by atoms with Crippen LogP contribution in [0.1, 0.15) is 25.5 Å². The van der Waals surface area contributed by atoms with E-state index in [0.29, 0.717) is 18.0 Å². The Morgan fingerprint density at radius 3 is 2.88 bits per heavy atom. The highest BCUT2D eigenvalue weighted by Gasteiger charge is 2.22. The first kappa shape index (κ1) is 18.0. The van der Waals surface area contributed by atoms with Gasteiger partial charge in [0.2, 0.25) is 0 Å². The highest BCUT2D eigenvalue weighted by Crippen LogP contribution is 2.23. The molecule has 1 aromatic heterocycles. The molecule has 1 aliphatic rings. The van der Waals surface area contributed by atoms with Gasteiger partial charge in [-0.15, -0.1) is 5.10 Å². The number of piperidine rings is 1. The first-order valence-corrected chi connectivity index (χ1v) is 9.00. The van der Waals surface area contributed by atoms with Gasteiger partial charge in [-0.05, 0) is 51.0 Å². The average Bonchev–Trinajstić information content (AvgIpc) is 2.64. The molecule has 1 fully saturated rings. The van der Waals surface area contributed by atoms with Crippen molar-refractivity contribution < 1.29 is 9.53 Å². The van der Waals surface area contributed by atoms with Crippen molar-refractivity contribution in [2.24, 2.45) is 0 Å². The first-order valence-electron chi connectivity index (χ1n) is 9.00. The van der Waals surface area contributed by atoms with Crippen LogP contribution in [-0.4, -0.2) is 42.0 Å². The van der Waals surface area contributed by atoms with E-state index in [1.165, 1.54) is 0 Å². The van der Waals surface area contributed by atoms with E-state index in [9.17, 15) is 4.79 Å². The third-order valence-corrected chi connectivity index (χ3v) is 4.30. The number of amides is 2. The van der Waals surface area contributed by atoms with Crippen molar-refractivity contribution in [3.05, 3.63) is 42.1 Å². The molecule has 2 heterocycles. The van der Waals surface area contributed by atoms with E-state index in [0.717, 1.165) is 37.4 Å². The van der Waals surface area contributed by atoms with Crippen molar-refractivity contribution in [2.75, 3.05) is 29.9 Å². The van der Waals surface area contributed by atoms with E-state index in [1.54, 1.807) is 0 Å². The maximum atomic E-state index is 12.4. The minimum atomic E-state index is -0.223. The second kappa shape index (κ2) is 8.51. The Kier molecular flexibility index (Phi) is 5.88. The van der Waals surface area contributed by atoms with Crippen LogP contribution < -0.4 is 20.3 Å². The minimum Gasteiger partial charge on any atom is -0.492 e. The Hall–Kier alpha value is -2.83. The van der Waals surface area contributed by atoms with Crippen LogP contribution in [0.3, 0.4) is 0 Å². The Morgan fingerprint density at radius 1 is 1.27 bits per heavy atom. The molecule has 7 heteroatoms. The number of aryl methyl sites for hydroxylation is 1. The van der Waals surface area contributed by atoms with Crippen molar-refractivity contribution in [3.63, 3.8) is 0 Å². The van der Waals surface area contributed by atoms with Crippen LogP contribution in [0.2, 0.25) is 0 Å². The molecule has 2 amide bonds. The molecule has 1 aromatic carbocycles. The summed E-state index contributed by atoms with van der Waals surface area (Å²) in [7, 11) is 0. The molecule has 0 radical (unpaired) electrons. The number of nitrogens with one attached hydrogen (secondary N) is 2. The summed E-state index contributed by atoms with van der Waals surface area (Å²) in [6.07, 6.45) is 1.94. The number of rotatable bonds is 5. The van der Waals surface area contributed by atoms with Crippen LogP contribution in [0.25, 0.3) is 0 Å². The summed E-state index contributed by atoms with van der Waals surface area (Å²) in [5.74, 6) is 1.52. The van der Waals surface area contributed by atoms with Gasteiger partial charge in [0.15, 0.2) is 5.82 Å². The average molecular weight is 355 g/mol. The molecule has 2 aromatic rings. The lowest BCUT2D eigenvalue weighted by atomic mass is 10.1. The third kappa shape index (κ3) is 4.62. The molecule has 1 aliphatic heterocycles. The van der Waals surface area contributed by atoms with E-state index in [4.69, 9.17) is 4.74 Å². The molecule has 0 spiro atoms. The molecule has 1 unspecified atom stereocenters. The molecule has 3 rings (SSSR count). The van der Waals surface area contributed by atoms with E-state index in [-0.39, 0.29) is 12.1 Å². The number of nitrogens with zero attached hydrogens (tertiary/aromatic N) is 3. The lowest BCUT2D eigenvalue weighted by molar-refractivity contribution is 0.246. The van der Waals surface area contributed by atoms with E-state index >= 15 is 0 Å². The quantitative estimate of drug-likeness (QED) is 0.862. The smallest absolute Gasteiger partial charge is 0.319 e. The predicted molar refractivity (Wildman–Crippen MR) is 102 cm³/mol. The van der Waals surface area contributed by atoms with Gasteiger partial charge in [-0.3, -0.25) is 0 Å². The summed E-state index contributed by atoms with van der Waals surface area (Å²) in [5, 5.41) is 14.3. The van der Waals surface area contributed by atoms with E-state index in [2.05, 4.69) is 25.7 Å². The largest absolute Gasteiger partial charge is 0.492 e. The SMILES string of the molecule is CCOc1ccccc1NC(=O)NC1CCCN(c2ccc(C)nn2)C1. The monoisotopic (exact) mass is 355 g/mol. The fourth-order valence-corrected chi connectivity index (χ4v) is 3.06. The summed E-state index contributed by atoms with van der Waals surface area (Å²) in [6, 6.07) is 11.2.